The molecule has 0 N–H and O–H groups in total. The average Bonchev–Trinajstić information content (AvgIpc) is 2.66. The SMILES string of the molecule is CCCCCCCC/C=C\C=C1\CC(C)OC1=O. The molecule has 0 aliphatic carbocycles. The highest BCUT2D eigenvalue weighted by molar-refractivity contribution is 5.90. The van der Waals surface area contributed by atoms with Crippen molar-refractivity contribution in [3.63, 3.8) is 0 Å². The minimum atomic E-state index is -0.147. The van der Waals surface area contributed by atoms with Crippen LogP contribution in [0.4, 0.5) is 0 Å². The Balaban J connectivity index is 2.07. The van der Waals surface area contributed by atoms with Crippen LogP contribution in [0.15, 0.2) is 23.8 Å². The van der Waals surface area contributed by atoms with Crippen LogP contribution in [0, 0.1) is 0 Å². The van der Waals surface area contributed by atoms with Crippen molar-refractivity contribution in [1.29, 1.82) is 0 Å². The molecule has 1 aliphatic rings. The molecule has 0 amide bonds. The zero-order valence-corrected chi connectivity index (χ0v) is 11.8. The number of carbonyl (C=O) groups is 1. The monoisotopic (exact) mass is 250 g/mol. The molecule has 1 fully saturated rings. The van der Waals surface area contributed by atoms with Gasteiger partial charge < -0.3 is 4.74 Å². The van der Waals surface area contributed by atoms with Crippen LogP contribution in [-0.2, 0) is 9.53 Å². The van der Waals surface area contributed by atoms with Gasteiger partial charge in [-0.3, -0.25) is 0 Å². The highest BCUT2D eigenvalue weighted by Crippen LogP contribution is 2.19. The first kappa shape index (κ1) is 15.0. The summed E-state index contributed by atoms with van der Waals surface area (Å²) in [5.41, 5.74) is 0.807. The quantitative estimate of drug-likeness (QED) is 0.359. The second-order valence-corrected chi connectivity index (χ2v) is 5.10. The molecule has 2 heteroatoms. The maximum absolute atomic E-state index is 11.3. The fraction of sp³-hybridized carbons (Fsp3) is 0.688. The lowest BCUT2D eigenvalue weighted by Crippen LogP contribution is -1.99. The highest BCUT2D eigenvalue weighted by atomic mass is 16.5. The summed E-state index contributed by atoms with van der Waals surface area (Å²) < 4.78 is 5.07. The fourth-order valence-corrected chi connectivity index (χ4v) is 2.15. The van der Waals surface area contributed by atoms with Crippen molar-refractivity contribution < 1.29 is 9.53 Å². The molecule has 0 bridgehead atoms. The zero-order valence-electron chi connectivity index (χ0n) is 11.8. The van der Waals surface area contributed by atoms with Gasteiger partial charge in [-0.1, -0.05) is 57.3 Å². The predicted molar refractivity (Wildman–Crippen MR) is 75.4 cm³/mol. The van der Waals surface area contributed by atoms with Crippen molar-refractivity contribution in [2.75, 3.05) is 0 Å². The molecule has 2 nitrogen and oxygen atoms in total. The van der Waals surface area contributed by atoms with Crippen LogP contribution in [0.2, 0.25) is 0 Å². The Bertz CT molecular complexity index is 302. The van der Waals surface area contributed by atoms with Gasteiger partial charge in [0.05, 0.1) is 0 Å². The number of ether oxygens (including phenoxy) is 1. The molecule has 1 heterocycles. The number of esters is 1. The molecule has 0 spiro atoms. The molecule has 1 rings (SSSR count). The number of hydrogen-bond acceptors (Lipinski definition) is 2. The van der Waals surface area contributed by atoms with Gasteiger partial charge in [0.15, 0.2) is 0 Å². The van der Waals surface area contributed by atoms with Crippen LogP contribution < -0.4 is 0 Å². The molecular weight excluding hydrogens is 224 g/mol. The van der Waals surface area contributed by atoms with E-state index in [-0.39, 0.29) is 12.1 Å². The molecule has 18 heavy (non-hydrogen) atoms. The van der Waals surface area contributed by atoms with Crippen LogP contribution >= 0.6 is 0 Å². The van der Waals surface area contributed by atoms with Crippen LogP contribution in [0.5, 0.6) is 0 Å². The topological polar surface area (TPSA) is 26.3 Å². The maximum atomic E-state index is 11.3. The van der Waals surface area contributed by atoms with Crippen molar-refractivity contribution >= 4 is 5.97 Å². The lowest BCUT2D eigenvalue weighted by atomic mass is 10.1. The summed E-state index contributed by atoms with van der Waals surface area (Å²) in [5, 5.41) is 0. The Labute approximate surface area is 111 Å². The Hall–Kier alpha value is -1.05. The van der Waals surface area contributed by atoms with Crippen molar-refractivity contribution in [3.05, 3.63) is 23.8 Å². The fourth-order valence-electron chi connectivity index (χ4n) is 2.15. The first-order valence-electron chi connectivity index (χ1n) is 7.30. The summed E-state index contributed by atoms with van der Waals surface area (Å²) in [7, 11) is 0. The highest BCUT2D eigenvalue weighted by Gasteiger charge is 2.24. The first-order chi connectivity index (χ1) is 8.74. The molecule has 0 radical (unpaired) electrons. The number of carbonyl (C=O) groups excluding carboxylic acids is 1. The lowest BCUT2D eigenvalue weighted by Gasteiger charge is -1.97. The van der Waals surface area contributed by atoms with Gasteiger partial charge in [-0.05, 0) is 19.8 Å². The van der Waals surface area contributed by atoms with Gasteiger partial charge in [-0.25, -0.2) is 4.79 Å². The van der Waals surface area contributed by atoms with Crippen LogP contribution in [-0.4, -0.2) is 12.1 Å². The van der Waals surface area contributed by atoms with Gasteiger partial charge in [-0.15, -0.1) is 0 Å². The average molecular weight is 250 g/mol. The van der Waals surface area contributed by atoms with Crippen molar-refractivity contribution in [2.24, 2.45) is 0 Å². The van der Waals surface area contributed by atoms with E-state index in [1.807, 2.05) is 19.1 Å². The number of allylic oxidation sites excluding steroid dienone is 3. The molecule has 1 unspecified atom stereocenters. The maximum Gasteiger partial charge on any atom is 0.334 e. The first-order valence-corrected chi connectivity index (χ1v) is 7.30. The summed E-state index contributed by atoms with van der Waals surface area (Å²) in [6.45, 7) is 4.17. The third-order valence-corrected chi connectivity index (χ3v) is 3.24. The standard InChI is InChI=1S/C16H26O2/c1-3-4-5-6-7-8-9-10-11-12-15-13-14(2)18-16(15)17/h10-12,14H,3-9,13H2,1-2H3/b11-10-,15-12-. The van der Waals surface area contributed by atoms with E-state index < -0.39 is 0 Å². The van der Waals surface area contributed by atoms with Gasteiger partial charge in [0.2, 0.25) is 0 Å². The molecule has 1 atom stereocenters. The minimum absolute atomic E-state index is 0.0516. The van der Waals surface area contributed by atoms with Crippen LogP contribution in [0.25, 0.3) is 0 Å². The van der Waals surface area contributed by atoms with Gasteiger partial charge in [-0.2, -0.15) is 0 Å². The third-order valence-electron chi connectivity index (χ3n) is 3.24. The largest absolute Gasteiger partial charge is 0.459 e. The van der Waals surface area contributed by atoms with Gasteiger partial charge in [0, 0.05) is 12.0 Å². The van der Waals surface area contributed by atoms with E-state index in [1.54, 1.807) is 0 Å². The molecule has 1 saturated heterocycles. The second-order valence-electron chi connectivity index (χ2n) is 5.10. The number of rotatable bonds is 8. The van der Waals surface area contributed by atoms with E-state index in [0.29, 0.717) is 0 Å². The van der Waals surface area contributed by atoms with Crippen molar-refractivity contribution in [2.45, 2.75) is 71.3 Å². The van der Waals surface area contributed by atoms with E-state index in [0.717, 1.165) is 18.4 Å². The summed E-state index contributed by atoms with van der Waals surface area (Å²) in [4.78, 5) is 11.3. The molecule has 0 saturated carbocycles. The molecule has 102 valence electrons. The van der Waals surface area contributed by atoms with E-state index in [2.05, 4.69) is 13.0 Å². The third kappa shape index (κ3) is 6.04. The number of cyclic esters (lactones) is 1. The van der Waals surface area contributed by atoms with E-state index in [9.17, 15) is 4.79 Å². The Morgan fingerprint density at radius 2 is 1.94 bits per heavy atom. The van der Waals surface area contributed by atoms with E-state index >= 15 is 0 Å². The Morgan fingerprint density at radius 1 is 1.22 bits per heavy atom. The van der Waals surface area contributed by atoms with E-state index in [1.165, 1.54) is 38.5 Å². The smallest absolute Gasteiger partial charge is 0.334 e. The summed E-state index contributed by atoms with van der Waals surface area (Å²) in [6, 6.07) is 0. The van der Waals surface area contributed by atoms with Gasteiger partial charge >= 0.3 is 5.97 Å². The van der Waals surface area contributed by atoms with Crippen LogP contribution in [0.1, 0.15) is 65.2 Å². The Kier molecular flexibility index (Phi) is 7.47. The lowest BCUT2D eigenvalue weighted by molar-refractivity contribution is -0.138. The van der Waals surface area contributed by atoms with Gasteiger partial charge in [0.1, 0.15) is 6.10 Å². The second kappa shape index (κ2) is 8.96. The van der Waals surface area contributed by atoms with Gasteiger partial charge in [0.25, 0.3) is 0 Å². The normalized spacial score (nSPS) is 22.0. The predicted octanol–water partition coefficient (Wildman–Crippen LogP) is 4.56. The van der Waals surface area contributed by atoms with Crippen molar-refractivity contribution in [3.8, 4) is 0 Å². The Morgan fingerprint density at radius 3 is 2.61 bits per heavy atom. The molecule has 0 aromatic heterocycles. The molecule has 0 aromatic rings. The molecule has 1 aliphatic heterocycles. The number of unbranched alkanes of at least 4 members (excludes halogenated alkanes) is 6. The number of hydrogen-bond donors (Lipinski definition) is 0. The summed E-state index contributed by atoms with van der Waals surface area (Å²) >= 11 is 0. The van der Waals surface area contributed by atoms with E-state index in [4.69, 9.17) is 4.74 Å². The minimum Gasteiger partial charge on any atom is -0.459 e. The summed E-state index contributed by atoms with van der Waals surface area (Å²) in [5.74, 6) is -0.147. The summed E-state index contributed by atoms with van der Waals surface area (Å²) in [6.07, 6.45) is 15.9. The molecule has 0 aromatic carbocycles. The zero-order chi connectivity index (χ0) is 13.2. The van der Waals surface area contributed by atoms with Crippen molar-refractivity contribution in [1.82, 2.24) is 0 Å². The molecular formula is C16H26O2. The van der Waals surface area contributed by atoms with Crippen LogP contribution in [0.3, 0.4) is 0 Å².